The number of hydrogen-bond acceptors (Lipinski definition) is 2. The molecule has 0 saturated heterocycles. The highest BCUT2D eigenvalue weighted by atomic mass is 35.5. The molecular weight excluding hydrogens is 229 g/mol. The Morgan fingerprint density at radius 2 is 2.06 bits per heavy atom. The zero-order valence-electron chi connectivity index (χ0n) is 8.15. The van der Waals surface area contributed by atoms with E-state index in [1.807, 2.05) is 0 Å². The maximum atomic E-state index is 13.5. The minimum absolute atomic E-state index is 0.259. The Morgan fingerprint density at radius 3 is 2.75 bits per heavy atom. The standard InChI is InChI=1S/C12H7ClFNO/c13-10-6-15-12(5-8(10)7-16)9-3-1-2-4-11(9)14/h1-7H. The third-order valence-corrected chi connectivity index (χ3v) is 2.48. The second-order valence-electron chi connectivity index (χ2n) is 3.19. The van der Waals surface area contributed by atoms with Gasteiger partial charge in [-0.05, 0) is 18.2 Å². The number of hydrogen-bond donors (Lipinski definition) is 0. The maximum absolute atomic E-state index is 13.5. The van der Waals surface area contributed by atoms with Gasteiger partial charge in [-0.25, -0.2) is 4.39 Å². The van der Waals surface area contributed by atoms with Crippen LogP contribution in [0.25, 0.3) is 11.3 Å². The van der Waals surface area contributed by atoms with Crippen LogP contribution >= 0.6 is 11.6 Å². The number of rotatable bonds is 2. The van der Waals surface area contributed by atoms with Crippen LogP contribution in [0.4, 0.5) is 4.39 Å². The van der Waals surface area contributed by atoms with Gasteiger partial charge in [0.25, 0.3) is 0 Å². The van der Waals surface area contributed by atoms with Gasteiger partial charge in [0, 0.05) is 17.3 Å². The molecule has 0 aliphatic heterocycles. The van der Waals surface area contributed by atoms with E-state index in [1.165, 1.54) is 18.3 Å². The van der Waals surface area contributed by atoms with E-state index in [-0.39, 0.29) is 10.8 Å². The molecule has 0 saturated carbocycles. The Bertz CT molecular complexity index is 542. The van der Waals surface area contributed by atoms with Gasteiger partial charge in [-0.3, -0.25) is 9.78 Å². The molecule has 0 N–H and O–H groups in total. The van der Waals surface area contributed by atoms with Gasteiger partial charge in [-0.2, -0.15) is 0 Å². The second kappa shape index (κ2) is 4.41. The summed E-state index contributed by atoms with van der Waals surface area (Å²) in [6.45, 7) is 0. The predicted molar refractivity (Wildman–Crippen MR) is 60.0 cm³/mol. The summed E-state index contributed by atoms with van der Waals surface area (Å²) in [7, 11) is 0. The van der Waals surface area contributed by atoms with E-state index in [0.717, 1.165) is 0 Å². The first-order chi connectivity index (χ1) is 7.72. The van der Waals surface area contributed by atoms with Crippen LogP contribution in [0.5, 0.6) is 0 Å². The Kier molecular flexibility index (Phi) is 2.97. The largest absolute Gasteiger partial charge is 0.298 e. The van der Waals surface area contributed by atoms with Gasteiger partial charge in [0.1, 0.15) is 5.82 Å². The highest BCUT2D eigenvalue weighted by Gasteiger charge is 2.08. The van der Waals surface area contributed by atoms with Gasteiger partial charge in [-0.1, -0.05) is 23.7 Å². The fourth-order valence-corrected chi connectivity index (χ4v) is 1.51. The lowest BCUT2D eigenvalue weighted by molar-refractivity contribution is 0.112. The minimum Gasteiger partial charge on any atom is -0.298 e. The molecule has 0 aliphatic rings. The Hall–Kier alpha value is -1.74. The van der Waals surface area contributed by atoms with Crippen LogP contribution in [0, 0.1) is 5.82 Å². The summed E-state index contributed by atoms with van der Waals surface area (Å²) in [4.78, 5) is 14.7. The topological polar surface area (TPSA) is 30.0 Å². The van der Waals surface area contributed by atoms with Crippen LogP contribution in [0.1, 0.15) is 10.4 Å². The molecule has 80 valence electrons. The van der Waals surface area contributed by atoms with Crippen molar-refractivity contribution in [2.45, 2.75) is 0 Å². The fraction of sp³-hybridized carbons (Fsp3) is 0. The first-order valence-corrected chi connectivity index (χ1v) is 4.96. The SMILES string of the molecule is O=Cc1cc(-c2ccccc2F)ncc1Cl. The summed E-state index contributed by atoms with van der Waals surface area (Å²) in [5, 5.41) is 0.259. The molecule has 0 spiro atoms. The van der Waals surface area contributed by atoms with E-state index in [1.54, 1.807) is 18.2 Å². The fourth-order valence-electron chi connectivity index (χ4n) is 1.36. The number of aromatic nitrogens is 1. The van der Waals surface area contributed by atoms with Crippen LogP contribution in [0.15, 0.2) is 36.5 Å². The van der Waals surface area contributed by atoms with E-state index in [2.05, 4.69) is 4.98 Å². The zero-order chi connectivity index (χ0) is 11.5. The molecule has 2 rings (SSSR count). The average Bonchev–Trinajstić information content (AvgIpc) is 2.31. The predicted octanol–water partition coefficient (Wildman–Crippen LogP) is 3.35. The molecule has 0 unspecified atom stereocenters. The molecule has 2 nitrogen and oxygen atoms in total. The van der Waals surface area contributed by atoms with Crippen molar-refractivity contribution in [1.29, 1.82) is 0 Å². The second-order valence-corrected chi connectivity index (χ2v) is 3.60. The quantitative estimate of drug-likeness (QED) is 0.747. The summed E-state index contributed by atoms with van der Waals surface area (Å²) < 4.78 is 13.5. The zero-order valence-corrected chi connectivity index (χ0v) is 8.91. The van der Waals surface area contributed by atoms with Gasteiger partial charge in [0.15, 0.2) is 6.29 Å². The Morgan fingerprint density at radius 1 is 1.31 bits per heavy atom. The third kappa shape index (κ3) is 1.95. The van der Waals surface area contributed by atoms with Gasteiger partial charge < -0.3 is 0 Å². The van der Waals surface area contributed by atoms with Crippen molar-refractivity contribution in [1.82, 2.24) is 4.98 Å². The number of benzene rings is 1. The lowest BCUT2D eigenvalue weighted by Gasteiger charge is -2.03. The van der Waals surface area contributed by atoms with Crippen molar-refractivity contribution in [3.8, 4) is 11.3 Å². The van der Waals surface area contributed by atoms with Crippen LogP contribution in [-0.4, -0.2) is 11.3 Å². The molecule has 16 heavy (non-hydrogen) atoms. The van der Waals surface area contributed by atoms with Crippen LogP contribution in [0.2, 0.25) is 5.02 Å². The number of carbonyl (C=O) groups excluding carboxylic acids is 1. The molecule has 4 heteroatoms. The first kappa shape index (κ1) is 10.8. The molecule has 0 aliphatic carbocycles. The molecule has 1 aromatic carbocycles. The van der Waals surface area contributed by atoms with Crippen molar-refractivity contribution in [2.75, 3.05) is 0 Å². The molecule has 0 fully saturated rings. The van der Waals surface area contributed by atoms with Crippen molar-refractivity contribution in [3.63, 3.8) is 0 Å². The van der Waals surface area contributed by atoms with Crippen LogP contribution in [-0.2, 0) is 0 Å². The number of carbonyl (C=O) groups is 1. The first-order valence-electron chi connectivity index (χ1n) is 4.58. The molecular formula is C12H7ClFNO. The Labute approximate surface area is 96.7 Å². The summed E-state index contributed by atoms with van der Waals surface area (Å²) >= 11 is 5.74. The smallest absolute Gasteiger partial charge is 0.151 e. The molecule has 0 amide bonds. The number of pyridine rings is 1. The van der Waals surface area contributed by atoms with E-state index in [0.29, 0.717) is 23.1 Å². The highest BCUT2D eigenvalue weighted by molar-refractivity contribution is 6.32. The maximum Gasteiger partial charge on any atom is 0.151 e. The van der Waals surface area contributed by atoms with E-state index >= 15 is 0 Å². The molecule has 1 aromatic heterocycles. The van der Waals surface area contributed by atoms with E-state index < -0.39 is 0 Å². The summed E-state index contributed by atoms with van der Waals surface area (Å²) in [5.41, 5.74) is 1.04. The summed E-state index contributed by atoms with van der Waals surface area (Å²) in [6.07, 6.45) is 1.96. The monoisotopic (exact) mass is 235 g/mol. The van der Waals surface area contributed by atoms with Gasteiger partial charge in [-0.15, -0.1) is 0 Å². The van der Waals surface area contributed by atoms with Crippen molar-refractivity contribution in [3.05, 3.63) is 52.9 Å². The van der Waals surface area contributed by atoms with Crippen molar-refractivity contribution >= 4 is 17.9 Å². The molecule has 0 atom stereocenters. The van der Waals surface area contributed by atoms with E-state index in [4.69, 9.17) is 11.6 Å². The average molecular weight is 236 g/mol. The van der Waals surface area contributed by atoms with Crippen molar-refractivity contribution < 1.29 is 9.18 Å². The number of aldehydes is 1. The minimum atomic E-state index is -0.380. The summed E-state index contributed by atoms with van der Waals surface area (Å²) in [6, 6.07) is 7.70. The van der Waals surface area contributed by atoms with Gasteiger partial charge in [0.2, 0.25) is 0 Å². The lowest BCUT2D eigenvalue weighted by Crippen LogP contribution is -1.91. The number of halogens is 2. The van der Waals surface area contributed by atoms with Gasteiger partial charge in [0.05, 0.1) is 10.7 Å². The molecule has 2 aromatic rings. The van der Waals surface area contributed by atoms with E-state index in [9.17, 15) is 9.18 Å². The van der Waals surface area contributed by atoms with Crippen LogP contribution < -0.4 is 0 Å². The number of nitrogens with zero attached hydrogens (tertiary/aromatic N) is 1. The normalized spacial score (nSPS) is 10.1. The Balaban J connectivity index is 2.57. The summed E-state index contributed by atoms with van der Waals surface area (Å²) in [5.74, 6) is -0.380. The molecule has 0 radical (unpaired) electrons. The van der Waals surface area contributed by atoms with Crippen LogP contribution in [0.3, 0.4) is 0 Å². The third-order valence-electron chi connectivity index (χ3n) is 2.16. The van der Waals surface area contributed by atoms with Crippen molar-refractivity contribution in [2.24, 2.45) is 0 Å². The lowest BCUT2D eigenvalue weighted by atomic mass is 10.1. The molecule has 1 heterocycles. The van der Waals surface area contributed by atoms with Gasteiger partial charge >= 0.3 is 0 Å². The molecule has 0 bridgehead atoms. The highest BCUT2D eigenvalue weighted by Crippen LogP contribution is 2.23.